The number of rotatable bonds is 5. The van der Waals surface area contributed by atoms with E-state index in [0.29, 0.717) is 0 Å². The first-order valence-electron chi connectivity index (χ1n) is 17.2. The van der Waals surface area contributed by atoms with Crippen LogP contribution in [0.5, 0.6) is 0 Å². The number of nitrogens with zero attached hydrogens (tertiary/aromatic N) is 4. The van der Waals surface area contributed by atoms with Crippen LogP contribution < -0.4 is 4.90 Å². The van der Waals surface area contributed by atoms with E-state index in [-0.39, 0.29) is 0 Å². The van der Waals surface area contributed by atoms with E-state index in [2.05, 4.69) is 174 Å². The van der Waals surface area contributed by atoms with Gasteiger partial charge in [-0.1, -0.05) is 121 Å². The van der Waals surface area contributed by atoms with Crippen LogP contribution in [0.2, 0.25) is 0 Å². The van der Waals surface area contributed by atoms with E-state index < -0.39 is 0 Å². The first-order chi connectivity index (χ1) is 25.3. The number of anilines is 3. The summed E-state index contributed by atoms with van der Waals surface area (Å²) in [7, 11) is 0. The summed E-state index contributed by atoms with van der Waals surface area (Å²) in [6, 6.07) is 60.1. The fourth-order valence-corrected chi connectivity index (χ4v) is 7.59. The molecule has 0 bridgehead atoms. The summed E-state index contributed by atoms with van der Waals surface area (Å²) >= 11 is 0. The molecule has 7 aromatic carbocycles. The van der Waals surface area contributed by atoms with Gasteiger partial charge >= 0.3 is 0 Å². The Kier molecular flexibility index (Phi) is 6.78. The lowest BCUT2D eigenvalue weighted by molar-refractivity contribution is 1.30. The van der Waals surface area contributed by atoms with Crippen molar-refractivity contribution in [2.75, 3.05) is 4.90 Å². The smallest absolute Gasteiger partial charge is 0.0970 e. The van der Waals surface area contributed by atoms with Crippen LogP contribution in [0.25, 0.3) is 76.6 Å². The molecule has 0 N–H and O–H groups in total. The molecule has 0 atom stereocenters. The summed E-state index contributed by atoms with van der Waals surface area (Å²) in [5.74, 6) is 0. The summed E-state index contributed by atoms with van der Waals surface area (Å²) in [6.07, 6.45) is 3.72. The van der Waals surface area contributed by atoms with Gasteiger partial charge in [0.1, 0.15) is 0 Å². The lowest BCUT2D eigenvalue weighted by Gasteiger charge is -2.28. The molecule has 10 aromatic rings. The number of benzene rings is 7. The van der Waals surface area contributed by atoms with E-state index in [4.69, 9.17) is 9.97 Å². The van der Waals surface area contributed by atoms with E-state index in [9.17, 15) is 0 Å². The van der Waals surface area contributed by atoms with E-state index in [1.807, 2.05) is 18.5 Å². The number of fused-ring (bicyclic) bond motifs is 8. The quantitative estimate of drug-likeness (QED) is 0.174. The Hall–Kier alpha value is -6.91. The number of para-hydroxylation sites is 3. The van der Waals surface area contributed by atoms with Crippen molar-refractivity contribution in [1.82, 2.24) is 15.0 Å². The second-order valence-electron chi connectivity index (χ2n) is 12.8. The van der Waals surface area contributed by atoms with Crippen LogP contribution in [0, 0.1) is 0 Å². The molecule has 0 spiro atoms. The third-order valence-corrected chi connectivity index (χ3v) is 9.89. The molecule has 3 heterocycles. The van der Waals surface area contributed by atoms with Crippen LogP contribution in [0.3, 0.4) is 0 Å². The predicted octanol–water partition coefficient (Wildman–Crippen LogP) is 12.4. The zero-order valence-corrected chi connectivity index (χ0v) is 27.6. The van der Waals surface area contributed by atoms with Gasteiger partial charge in [-0.25, -0.2) is 4.98 Å². The Morgan fingerprint density at radius 2 is 1.06 bits per heavy atom. The van der Waals surface area contributed by atoms with Gasteiger partial charge in [0.15, 0.2) is 0 Å². The number of hydrogen-bond donors (Lipinski definition) is 0. The normalized spacial score (nSPS) is 11.5. The highest BCUT2D eigenvalue weighted by atomic mass is 15.1. The van der Waals surface area contributed by atoms with Crippen LogP contribution in [-0.4, -0.2) is 15.0 Å². The zero-order chi connectivity index (χ0) is 33.7. The van der Waals surface area contributed by atoms with Crippen LogP contribution in [0.15, 0.2) is 182 Å². The molecule has 0 unspecified atom stereocenters. The lowest BCUT2D eigenvalue weighted by Crippen LogP contribution is -2.11. The number of hydrogen-bond acceptors (Lipinski definition) is 4. The molecule has 0 aliphatic heterocycles. The highest BCUT2D eigenvalue weighted by molar-refractivity contribution is 6.27. The minimum absolute atomic E-state index is 0.912. The first kappa shape index (κ1) is 29.0. The summed E-state index contributed by atoms with van der Waals surface area (Å²) in [4.78, 5) is 17.2. The average Bonchev–Trinajstić information content (AvgIpc) is 3.21. The molecule has 51 heavy (non-hydrogen) atoms. The van der Waals surface area contributed by atoms with Crippen molar-refractivity contribution >= 4 is 71.3 Å². The Balaban J connectivity index is 1.25. The van der Waals surface area contributed by atoms with Crippen molar-refractivity contribution < 1.29 is 0 Å². The second-order valence-corrected chi connectivity index (χ2v) is 12.8. The van der Waals surface area contributed by atoms with Crippen molar-refractivity contribution in [2.24, 2.45) is 0 Å². The molecule has 4 nitrogen and oxygen atoms in total. The van der Waals surface area contributed by atoms with Gasteiger partial charge < -0.3 is 4.90 Å². The minimum Gasteiger partial charge on any atom is -0.310 e. The fraction of sp³-hybridized carbons (Fsp3) is 0. The molecule has 0 aliphatic carbocycles. The van der Waals surface area contributed by atoms with Gasteiger partial charge in [0.25, 0.3) is 0 Å². The van der Waals surface area contributed by atoms with Crippen LogP contribution in [0.4, 0.5) is 17.1 Å². The average molecular weight is 651 g/mol. The van der Waals surface area contributed by atoms with Crippen molar-refractivity contribution in [3.05, 3.63) is 182 Å². The van der Waals surface area contributed by atoms with Crippen molar-refractivity contribution in [1.29, 1.82) is 0 Å². The van der Waals surface area contributed by atoms with E-state index >= 15 is 0 Å². The molecular weight excluding hydrogens is 621 g/mol. The van der Waals surface area contributed by atoms with Crippen LogP contribution >= 0.6 is 0 Å². The molecule has 0 saturated heterocycles. The largest absolute Gasteiger partial charge is 0.310 e. The Morgan fingerprint density at radius 3 is 1.84 bits per heavy atom. The Labute approximate surface area is 294 Å². The molecule has 0 radical (unpaired) electrons. The Morgan fingerprint density at radius 1 is 0.412 bits per heavy atom. The van der Waals surface area contributed by atoms with Gasteiger partial charge in [0.2, 0.25) is 0 Å². The summed E-state index contributed by atoms with van der Waals surface area (Å²) in [6.45, 7) is 0. The van der Waals surface area contributed by atoms with Gasteiger partial charge in [-0.05, 0) is 70.4 Å². The van der Waals surface area contributed by atoms with Crippen molar-refractivity contribution in [3.8, 4) is 22.4 Å². The number of aromatic nitrogens is 3. The van der Waals surface area contributed by atoms with E-state index in [1.165, 1.54) is 16.2 Å². The summed E-state index contributed by atoms with van der Waals surface area (Å²) < 4.78 is 0. The molecule has 0 amide bonds. The van der Waals surface area contributed by atoms with Gasteiger partial charge in [0.05, 0.1) is 27.9 Å². The van der Waals surface area contributed by atoms with E-state index in [0.717, 1.165) is 77.5 Å². The molecule has 4 heteroatoms. The van der Waals surface area contributed by atoms with Crippen molar-refractivity contribution in [2.45, 2.75) is 0 Å². The summed E-state index contributed by atoms with van der Waals surface area (Å²) in [5, 5.41) is 8.00. The monoisotopic (exact) mass is 650 g/mol. The van der Waals surface area contributed by atoms with Crippen molar-refractivity contribution in [3.63, 3.8) is 0 Å². The zero-order valence-electron chi connectivity index (χ0n) is 27.6. The molecule has 3 aromatic heterocycles. The maximum Gasteiger partial charge on any atom is 0.0970 e. The highest BCUT2D eigenvalue weighted by Gasteiger charge is 2.22. The lowest BCUT2D eigenvalue weighted by atomic mass is 9.92. The maximum absolute atomic E-state index is 5.45. The molecule has 0 fully saturated rings. The van der Waals surface area contributed by atoms with Gasteiger partial charge in [-0.15, -0.1) is 0 Å². The maximum atomic E-state index is 5.45. The SMILES string of the molecule is c1ccc(N(c2ccccc2)c2cc3ccccc3c3c2c(-c2ccc(-c4ccnc5c4ccc4cccnc45)cc2)nc2ccccc23)cc1. The van der Waals surface area contributed by atoms with Gasteiger partial charge in [-0.3, -0.25) is 9.97 Å². The first-order valence-corrected chi connectivity index (χ1v) is 17.2. The molecule has 0 aliphatic rings. The highest BCUT2D eigenvalue weighted by Crippen LogP contribution is 2.47. The molecule has 0 saturated carbocycles. The Bertz CT molecular complexity index is 2850. The van der Waals surface area contributed by atoms with E-state index in [1.54, 1.807) is 0 Å². The number of pyridine rings is 3. The second kappa shape index (κ2) is 11.9. The molecule has 238 valence electrons. The van der Waals surface area contributed by atoms with Gasteiger partial charge in [0, 0.05) is 56.3 Å². The molecular formula is C47H30N4. The van der Waals surface area contributed by atoms with Crippen LogP contribution in [-0.2, 0) is 0 Å². The fourth-order valence-electron chi connectivity index (χ4n) is 7.59. The molecule has 10 rings (SSSR count). The van der Waals surface area contributed by atoms with Gasteiger partial charge in [-0.2, -0.15) is 0 Å². The van der Waals surface area contributed by atoms with Crippen LogP contribution in [0.1, 0.15) is 0 Å². The standard InChI is InChI=1S/C47H30N4/c1-3-14-35(15-4-1)51(36-16-5-2-6-17-36)42-30-34-12-7-8-18-38(34)43-40-19-9-10-20-41(40)50-45(44(42)43)33-23-21-31(22-24-33)37-27-29-49-47-39(37)26-25-32-13-11-28-48-46(32)47/h1-30H. The summed E-state index contributed by atoms with van der Waals surface area (Å²) in [5.41, 5.74) is 10.3. The predicted molar refractivity (Wildman–Crippen MR) is 213 cm³/mol. The minimum atomic E-state index is 0.912. The third kappa shape index (κ3) is 4.80. The third-order valence-electron chi connectivity index (χ3n) is 9.89. The topological polar surface area (TPSA) is 41.9 Å².